The van der Waals surface area contributed by atoms with Gasteiger partial charge in [-0.25, -0.2) is 0 Å². The summed E-state index contributed by atoms with van der Waals surface area (Å²) in [7, 11) is 0. The van der Waals surface area contributed by atoms with E-state index in [0.29, 0.717) is 0 Å². The van der Waals surface area contributed by atoms with Crippen molar-refractivity contribution in [2.24, 2.45) is 5.92 Å². The minimum Gasteiger partial charge on any atom is -0.481 e. The number of piperidine rings is 1. The first-order chi connectivity index (χ1) is 7.27. The number of carboxylic acid groups (broad SMARTS) is 1. The molecule has 0 spiro atoms. The van der Waals surface area contributed by atoms with Crippen LogP contribution in [0.1, 0.15) is 12.8 Å². The van der Waals surface area contributed by atoms with Crippen LogP contribution in [0.15, 0.2) is 24.3 Å². The Morgan fingerprint density at radius 1 is 1.47 bits per heavy atom. The molecular formula is C12H14NO2. The number of hydrogen-bond acceptors (Lipinski definition) is 2. The summed E-state index contributed by atoms with van der Waals surface area (Å²) in [4.78, 5) is 13.0. The number of carboxylic acids is 1. The van der Waals surface area contributed by atoms with Gasteiger partial charge in [0.05, 0.1) is 5.92 Å². The van der Waals surface area contributed by atoms with Gasteiger partial charge in [-0.1, -0.05) is 12.1 Å². The second-order valence-electron chi connectivity index (χ2n) is 3.86. The van der Waals surface area contributed by atoms with Crippen LogP contribution in [0.25, 0.3) is 0 Å². The fourth-order valence-corrected chi connectivity index (χ4v) is 1.97. The molecule has 1 fully saturated rings. The molecule has 3 heteroatoms. The van der Waals surface area contributed by atoms with Crippen molar-refractivity contribution in [1.29, 1.82) is 0 Å². The maximum Gasteiger partial charge on any atom is 0.306 e. The van der Waals surface area contributed by atoms with Gasteiger partial charge in [0.25, 0.3) is 0 Å². The molecule has 0 unspecified atom stereocenters. The average molecular weight is 204 g/mol. The predicted octanol–water partition coefficient (Wildman–Crippen LogP) is 1.79. The van der Waals surface area contributed by atoms with Crippen LogP contribution in [0, 0.1) is 12.0 Å². The Morgan fingerprint density at radius 3 is 2.73 bits per heavy atom. The second-order valence-corrected chi connectivity index (χ2v) is 3.86. The average Bonchev–Trinajstić information content (AvgIpc) is 2.30. The van der Waals surface area contributed by atoms with Crippen molar-refractivity contribution in [1.82, 2.24) is 0 Å². The Morgan fingerprint density at radius 2 is 2.20 bits per heavy atom. The molecule has 1 saturated heterocycles. The Kier molecular flexibility index (Phi) is 2.90. The Balaban J connectivity index is 1.97. The zero-order valence-electron chi connectivity index (χ0n) is 8.52. The van der Waals surface area contributed by atoms with Gasteiger partial charge in [-0.05, 0) is 31.0 Å². The molecule has 79 valence electrons. The maximum atomic E-state index is 10.8. The highest BCUT2D eigenvalue weighted by Gasteiger charge is 2.24. The lowest BCUT2D eigenvalue weighted by Gasteiger charge is -2.31. The summed E-state index contributed by atoms with van der Waals surface area (Å²) in [5.74, 6) is -0.816. The minimum absolute atomic E-state index is 0.158. The van der Waals surface area contributed by atoms with Crippen LogP contribution in [-0.4, -0.2) is 24.2 Å². The third kappa shape index (κ3) is 2.29. The molecule has 0 saturated carbocycles. The van der Waals surface area contributed by atoms with Crippen LogP contribution in [0.4, 0.5) is 5.69 Å². The number of aliphatic carboxylic acids is 1. The fraction of sp³-hybridized carbons (Fsp3) is 0.417. The zero-order valence-corrected chi connectivity index (χ0v) is 8.52. The third-order valence-corrected chi connectivity index (χ3v) is 2.90. The molecule has 0 atom stereocenters. The number of anilines is 1. The molecule has 1 aliphatic rings. The Labute approximate surface area is 89.3 Å². The first-order valence-electron chi connectivity index (χ1n) is 5.21. The van der Waals surface area contributed by atoms with E-state index in [1.54, 1.807) is 0 Å². The van der Waals surface area contributed by atoms with Crippen molar-refractivity contribution in [3.05, 3.63) is 30.3 Å². The van der Waals surface area contributed by atoms with E-state index in [4.69, 9.17) is 5.11 Å². The van der Waals surface area contributed by atoms with E-state index < -0.39 is 5.97 Å². The lowest BCUT2D eigenvalue weighted by atomic mass is 9.97. The van der Waals surface area contributed by atoms with Crippen LogP contribution in [0.5, 0.6) is 0 Å². The van der Waals surface area contributed by atoms with Crippen LogP contribution in [0.3, 0.4) is 0 Å². The van der Waals surface area contributed by atoms with E-state index in [2.05, 4.69) is 11.0 Å². The van der Waals surface area contributed by atoms with Crippen LogP contribution in [-0.2, 0) is 4.79 Å². The van der Waals surface area contributed by atoms with Crippen molar-refractivity contribution in [2.75, 3.05) is 18.0 Å². The largest absolute Gasteiger partial charge is 0.481 e. The molecule has 1 aromatic rings. The van der Waals surface area contributed by atoms with Crippen LogP contribution < -0.4 is 4.90 Å². The molecule has 1 aliphatic heterocycles. The van der Waals surface area contributed by atoms with Crippen molar-refractivity contribution in [2.45, 2.75) is 12.8 Å². The van der Waals surface area contributed by atoms with E-state index in [1.165, 1.54) is 0 Å². The molecular weight excluding hydrogens is 190 g/mol. The highest BCUT2D eigenvalue weighted by Crippen LogP contribution is 2.22. The van der Waals surface area contributed by atoms with E-state index in [9.17, 15) is 4.79 Å². The van der Waals surface area contributed by atoms with E-state index in [1.807, 2.05) is 24.3 Å². The molecule has 3 nitrogen and oxygen atoms in total. The Hall–Kier alpha value is -1.51. The summed E-state index contributed by atoms with van der Waals surface area (Å²) in [5.41, 5.74) is 1.14. The monoisotopic (exact) mass is 204 g/mol. The highest BCUT2D eigenvalue weighted by molar-refractivity contribution is 5.70. The molecule has 1 heterocycles. The van der Waals surface area contributed by atoms with Gasteiger partial charge in [0, 0.05) is 18.8 Å². The predicted molar refractivity (Wildman–Crippen MR) is 57.9 cm³/mol. The highest BCUT2D eigenvalue weighted by atomic mass is 16.4. The molecule has 0 aliphatic carbocycles. The summed E-state index contributed by atoms with van der Waals surface area (Å²) in [6.07, 6.45) is 1.48. The molecule has 0 aromatic heterocycles. The molecule has 1 aromatic carbocycles. The summed E-state index contributed by atoms with van der Waals surface area (Å²) in [6, 6.07) is 10.8. The zero-order chi connectivity index (χ0) is 10.7. The molecule has 2 rings (SSSR count). The van der Waals surface area contributed by atoms with Gasteiger partial charge >= 0.3 is 5.97 Å². The SMILES string of the molecule is O=C(O)C1CCN(c2c[c]ccc2)CC1. The van der Waals surface area contributed by atoms with Gasteiger partial charge in [-0.3, -0.25) is 4.79 Å². The minimum atomic E-state index is -0.658. The quantitative estimate of drug-likeness (QED) is 0.798. The number of carbonyl (C=O) groups is 1. The third-order valence-electron chi connectivity index (χ3n) is 2.90. The first kappa shape index (κ1) is 10.0. The van der Waals surface area contributed by atoms with Crippen LogP contribution >= 0.6 is 0 Å². The van der Waals surface area contributed by atoms with Crippen LogP contribution in [0.2, 0.25) is 0 Å². The lowest BCUT2D eigenvalue weighted by molar-refractivity contribution is -0.142. The standard InChI is InChI=1S/C12H14NO2/c14-12(15)10-6-8-13(9-7-10)11-4-2-1-3-5-11/h1-2,4-5,10H,6-9H2,(H,14,15). The van der Waals surface area contributed by atoms with Gasteiger partial charge in [-0.2, -0.15) is 0 Å². The van der Waals surface area contributed by atoms with E-state index in [0.717, 1.165) is 31.6 Å². The Bertz CT molecular complexity index is 329. The topological polar surface area (TPSA) is 40.5 Å². The molecule has 1 N–H and O–H groups in total. The summed E-state index contributed by atoms with van der Waals surface area (Å²) in [6.45, 7) is 1.66. The fourth-order valence-electron chi connectivity index (χ4n) is 1.97. The van der Waals surface area contributed by atoms with E-state index >= 15 is 0 Å². The van der Waals surface area contributed by atoms with Crippen molar-refractivity contribution < 1.29 is 9.90 Å². The van der Waals surface area contributed by atoms with Crippen molar-refractivity contribution in [3.8, 4) is 0 Å². The lowest BCUT2D eigenvalue weighted by Crippen LogP contribution is -2.36. The summed E-state index contributed by atoms with van der Waals surface area (Å²) in [5, 5.41) is 8.87. The number of benzene rings is 1. The number of hydrogen-bond donors (Lipinski definition) is 1. The summed E-state index contributed by atoms with van der Waals surface area (Å²) < 4.78 is 0. The number of rotatable bonds is 2. The van der Waals surface area contributed by atoms with E-state index in [-0.39, 0.29) is 5.92 Å². The number of nitrogens with zero attached hydrogens (tertiary/aromatic N) is 1. The molecule has 0 amide bonds. The van der Waals surface area contributed by atoms with Gasteiger partial charge in [0.2, 0.25) is 0 Å². The first-order valence-corrected chi connectivity index (χ1v) is 5.21. The van der Waals surface area contributed by atoms with Gasteiger partial charge in [0.1, 0.15) is 0 Å². The van der Waals surface area contributed by atoms with Gasteiger partial charge < -0.3 is 10.0 Å². The smallest absolute Gasteiger partial charge is 0.306 e. The second kappa shape index (κ2) is 4.34. The van der Waals surface area contributed by atoms with Gasteiger partial charge in [-0.15, -0.1) is 0 Å². The maximum absolute atomic E-state index is 10.8. The summed E-state index contributed by atoms with van der Waals surface area (Å²) >= 11 is 0. The molecule has 15 heavy (non-hydrogen) atoms. The van der Waals surface area contributed by atoms with Crippen molar-refractivity contribution >= 4 is 11.7 Å². The molecule has 0 bridgehead atoms. The van der Waals surface area contributed by atoms with Crippen molar-refractivity contribution in [3.63, 3.8) is 0 Å². The normalized spacial score (nSPS) is 17.7. The molecule has 1 radical (unpaired) electrons. The van der Waals surface area contributed by atoms with Gasteiger partial charge in [0.15, 0.2) is 0 Å².